The normalized spacial score (nSPS) is 11.9. The summed E-state index contributed by atoms with van der Waals surface area (Å²) >= 11 is 0. The molecule has 0 fully saturated rings. The van der Waals surface area contributed by atoms with E-state index in [1.165, 1.54) is 59.2 Å². The molecule has 36 heavy (non-hydrogen) atoms. The Balaban J connectivity index is 1.83. The van der Waals surface area contributed by atoms with E-state index in [0.29, 0.717) is 0 Å². The van der Waals surface area contributed by atoms with E-state index >= 15 is 0 Å². The minimum atomic E-state index is 1.03. The van der Waals surface area contributed by atoms with E-state index < -0.39 is 0 Å². The molecule has 166 valence electrons. The molecule has 0 bridgehead atoms. The second-order valence-electron chi connectivity index (χ2n) is 9.48. The fourth-order valence-corrected chi connectivity index (χ4v) is 6.14. The van der Waals surface area contributed by atoms with Gasteiger partial charge in [0.1, 0.15) is 0 Å². The first-order valence-corrected chi connectivity index (χ1v) is 12.4. The Hall–Kier alpha value is -4.75. The first-order chi connectivity index (χ1) is 17.9. The molecule has 1 heterocycles. The molecular weight excluding hydrogens is 434 g/mol. The Morgan fingerprint density at radius 1 is 0.306 bits per heavy atom. The second kappa shape index (κ2) is 7.37. The van der Waals surface area contributed by atoms with Crippen LogP contribution in [0.1, 0.15) is 0 Å². The minimum Gasteiger partial charge on any atom is -0.247 e. The van der Waals surface area contributed by atoms with E-state index in [9.17, 15) is 0 Å². The van der Waals surface area contributed by atoms with Crippen LogP contribution in [-0.4, -0.2) is 4.98 Å². The second-order valence-corrected chi connectivity index (χ2v) is 9.48. The van der Waals surface area contributed by atoms with Gasteiger partial charge in [-0.1, -0.05) is 121 Å². The Morgan fingerprint density at radius 3 is 1.33 bits per heavy atom. The number of hydrogen-bond acceptors (Lipinski definition) is 1. The lowest BCUT2D eigenvalue weighted by atomic mass is 9.85. The summed E-state index contributed by atoms with van der Waals surface area (Å²) in [5.74, 6) is 0. The SMILES string of the molecule is c1ccc(-c2nc3ccccc3c3c4ccccc4c4c5ccccc5c5ccccc5c4c23)cc1. The Kier molecular flexibility index (Phi) is 4.00. The summed E-state index contributed by atoms with van der Waals surface area (Å²) in [5, 5.41) is 14.0. The van der Waals surface area contributed by atoms with Gasteiger partial charge in [-0.15, -0.1) is 0 Å². The molecular formula is C35H21N. The van der Waals surface area contributed by atoms with E-state index in [4.69, 9.17) is 4.98 Å². The molecule has 0 aliphatic heterocycles. The van der Waals surface area contributed by atoms with Gasteiger partial charge in [0, 0.05) is 27.1 Å². The Labute approximate surface area is 208 Å². The maximum absolute atomic E-state index is 5.32. The van der Waals surface area contributed by atoms with Crippen molar-refractivity contribution in [2.24, 2.45) is 0 Å². The maximum Gasteiger partial charge on any atom is 0.0794 e. The fraction of sp³-hybridized carbons (Fsp3) is 0. The van der Waals surface area contributed by atoms with Crippen molar-refractivity contribution in [3.05, 3.63) is 127 Å². The van der Waals surface area contributed by atoms with Crippen LogP contribution in [0.15, 0.2) is 127 Å². The van der Waals surface area contributed by atoms with Crippen molar-refractivity contribution in [1.82, 2.24) is 4.98 Å². The lowest BCUT2D eigenvalue weighted by Gasteiger charge is -2.19. The average molecular weight is 456 g/mol. The van der Waals surface area contributed by atoms with Crippen LogP contribution >= 0.6 is 0 Å². The van der Waals surface area contributed by atoms with Gasteiger partial charge < -0.3 is 0 Å². The molecule has 0 unspecified atom stereocenters. The molecule has 0 aliphatic carbocycles. The van der Waals surface area contributed by atoms with Gasteiger partial charge in [-0.2, -0.15) is 0 Å². The number of para-hydroxylation sites is 1. The number of rotatable bonds is 1. The monoisotopic (exact) mass is 455 g/mol. The molecule has 0 radical (unpaired) electrons. The molecule has 1 aromatic heterocycles. The molecule has 0 saturated heterocycles. The maximum atomic E-state index is 5.32. The zero-order chi connectivity index (χ0) is 23.6. The third kappa shape index (κ3) is 2.57. The summed E-state index contributed by atoms with van der Waals surface area (Å²) in [6.07, 6.45) is 0. The summed E-state index contributed by atoms with van der Waals surface area (Å²) < 4.78 is 0. The van der Waals surface area contributed by atoms with Gasteiger partial charge in [0.05, 0.1) is 11.2 Å². The number of benzene rings is 7. The molecule has 0 spiro atoms. The highest BCUT2D eigenvalue weighted by molar-refractivity contribution is 6.43. The van der Waals surface area contributed by atoms with Crippen molar-refractivity contribution in [3.8, 4) is 11.3 Å². The number of hydrogen-bond donors (Lipinski definition) is 0. The zero-order valence-electron chi connectivity index (χ0n) is 19.6. The lowest BCUT2D eigenvalue weighted by Crippen LogP contribution is -1.94. The van der Waals surface area contributed by atoms with E-state index in [-0.39, 0.29) is 0 Å². The standard InChI is InChI=1S/C35H21N/c1-2-12-22(13-3-1)35-34-32(29-20-10-11-21-30(29)36-35)28-19-9-8-18-27(28)31-25-16-6-4-14-23(25)24-15-5-7-17-26(24)33(31)34/h1-21H. The van der Waals surface area contributed by atoms with Gasteiger partial charge in [-0.25, -0.2) is 4.98 Å². The lowest BCUT2D eigenvalue weighted by molar-refractivity contribution is 1.43. The predicted molar refractivity (Wildman–Crippen MR) is 155 cm³/mol. The van der Waals surface area contributed by atoms with Crippen LogP contribution in [-0.2, 0) is 0 Å². The summed E-state index contributed by atoms with van der Waals surface area (Å²) in [6.45, 7) is 0. The molecule has 0 N–H and O–H groups in total. The van der Waals surface area contributed by atoms with Crippen molar-refractivity contribution in [1.29, 1.82) is 0 Å². The average Bonchev–Trinajstić information content (AvgIpc) is 2.96. The van der Waals surface area contributed by atoms with Crippen molar-refractivity contribution in [2.75, 3.05) is 0 Å². The van der Waals surface area contributed by atoms with E-state index in [1.54, 1.807) is 0 Å². The third-order valence-electron chi connectivity index (χ3n) is 7.59. The van der Waals surface area contributed by atoms with Crippen molar-refractivity contribution >= 4 is 64.8 Å². The fourth-order valence-electron chi connectivity index (χ4n) is 6.14. The molecule has 7 aromatic carbocycles. The highest BCUT2D eigenvalue weighted by Crippen LogP contribution is 2.47. The molecule has 0 saturated carbocycles. The van der Waals surface area contributed by atoms with Crippen LogP contribution in [0.5, 0.6) is 0 Å². The summed E-state index contributed by atoms with van der Waals surface area (Å²) in [5.41, 5.74) is 3.21. The van der Waals surface area contributed by atoms with E-state index in [2.05, 4.69) is 127 Å². The molecule has 0 atom stereocenters. The van der Waals surface area contributed by atoms with Gasteiger partial charge in [0.25, 0.3) is 0 Å². The quantitative estimate of drug-likeness (QED) is 0.225. The van der Waals surface area contributed by atoms with Gasteiger partial charge >= 0.3 is 0 Å². The van der Waals surface area contributed by atoms with E-state index in [1.807, 2.05) is 0 Å². The van der Waals surface area contributed by atoms with E-state index in [0.717, 1.165) is 16.8 Å². The van der Waals surface area contributed by atoms with Crippen LogP contribution in [0.3, 0.4) is 0 Å². The smallest absolute Gasteiger partial charge is 0.0794 e. The zero-order valence-corrected chi connectivity index (χ0v) is 19.6. The third-order valence-corrected chi connectivity index (χ3v) is 7.59. The van der Waals surface area contributed by atoms with Crippen LogP contribution < -0.4 is 0 Å². The first kappa shape index (κ1) is 19.5. The molecule has 8 rings (SSSR count). The van der Waals surface area contributed by atoms with Crippen LogP contribution in [0.4, 0.5) is 0 Å². The van der Waals surface area contributed by atoms with Crippen LogP contribution in [0, 0.1) is 0 Å². The molecule has 1 nitrogen and oxygen atoms in total. The predicted octanol–water partition coefficient (Wildman–Crippen LogP) is 9.67. The Bertz CT molecular complexity index is 2130. The number of fused-ring (bicyclic) bond motifs is 13. The summed E-state index contributed by atoms with van der Waals surface area (Å²) in [6, 6.07) is 45.8. The molecule has 1 heteroatoms. The first-order valence-electron chi connectivity index (χ1n) is 12.4. The van der Waals surface area contributed by atoms with Crippen molar-refractivity contribution in [3.63, 3.8) is 0 Å². The highest BCUT2D eigenvalue weighted by atomic mass is 14.7. The topological polar surface area (TPSA) is 12.9 Å². The van der Waals surface area contributed by atoms with Gasteiger partial charge in [0.15, 0.2) is 0 Å². The van der Waals surface area contributed by atoms with Crippen LogP contribution in [0.25, 0.3) is 76.0 Å². The molecule has 8 aromatic rings. The summed E-state index contributed by atoms with van der Waals surface area (Å²) in [4.78, 5) is 5.32. The van der Waals surface area contributed by atoms with Gasteiger partial charge in [-0.3, -0.25) is 0 Å². The van der Waals surface area contributed by atoms with Crippen LogP contribution in [0.2, 0.25) is 0 Å². The highest BCUT2D eigenvalue weighted by Gasteiger charge is 2.20. The molecule has 0 amide bonds. The van der Waals surface area contributed by atoms with Crippen molar-refractivity contribution in [2.45, 2.75) is 0 Å². The van der Waals surface area contributed by atoms with Gasteiger partial charge in [0.2, 0.25) is 0 Å². The molecule has 0 aliphatic rings. The van der Waals surface area contributed by atoms with Crippen molar-refractivity contribution < 1.29 is 0 Å². The largest absolute Gasteiger partial charge is 0.247 e. The minimum absolute atomic E-state index is 1.03. The number of aromatic nitrogens is 1. The Morgan fingerprint density at radius 2 is 0.722 bits per heavy atom. The summed E-state index contributed by atoms with van der Waals surface area (Å²) in [7, 11) is 0. The van der Waals surface area contributed by atoms with Gasteiger partial charge in [-0.05, 0) is 43.8 Å². The number of pyridine rings is 1. The number of nitrogens with zero attached hydrogens (tertiary/aromatic N) is 1.